The molecule has 0 aromatic heterocycles. The van der Waals surface area contributed by atoms with Gasteiger partial charge in [-0.05, 0) is 55.9 Å². The molecular weight excluding hydrogens is 262 g/mol. The Bertz CT molecular complexity index is 394. The van der Waals surface area contributed by atoms with Gasteiger partial charge in [0.05, 0.1) is 13.2 Å². The van der Waals surface area contributed by atoms with Crippen molar-refractivity contribution in [1.29, 1.82) is 0 Å². The molecule has 0 amide bonds. The maximum atomic E-state index is 5.80. The molecule has 1 fully saturated rings. The maximum Gasteiger partial charge on any atom is 0.119 e. The number of nitrogens with zero attached hydrogens (tertiary/aromatic N) is 1. The van der Waals surface area contributed by atoms with Crippen molar-refractivity contribution in [3.05, 3.63) is 24.3 Å². The first kappa shape index (κ1) is 16.2. The van der Waals surface area contributed by atoms with E-state index >= 15 is 0 Å². The monoisotopic (exact) mass is 291 g/mol. The predicted molar refractivity (Wildman–Crippen MR) is 87.1 cm³/mol. The largest absolute Gasteiger partial charge is 0.494 e. The molecule has 1 aliphatic heterocycles. The summed E-state index contributed by atoms with van der Waals surface area (Å²) in [6.45, 7) is 11.8. The predicted octanol–water partition coefficient (Wildman–Crippen LogP) is 3.83. The number of hydrogen-bond donors (Lipinski definition) is 0. The number of ether oxygens (including phenoxy) is 2. The van der Waals surface area contributed by atoms with Gasteiger partial charge in [0.1, 0.15) is 11.5 Å². The first-order valence-corrected chi connectivity index (χ1v) is 8.25. The van der Waals surface area contributed by atoms with Gasteiger partial charge in [-0.3, -0.25) is 0 Å². The van der Waals surface area contributed by atoms with Crippen molar-refractivity contribution in [1.82, 2.24) is 4.90 Å². The molecule has 0 N–H and O–H groups in total. The SMILES string of the molecule is CCOc1ccc(OCCCN2C[C@@H](C)C[C@H](C)C2)cc1. The Hall–Kier alpha value is -1.22. The van der Waals surface area contributed by atoms with Crippen LogP contribution in [-0.2, 0) is 0 Å². The first-order valence-electron chi connectivity index (χ1n) is 8.25. The van der Waals surface area contributed by atoms with E-state index in [-0.39, 0.29) is 0 Å². The summed E-state index contributed by atoms with van der Waals surface area (Å²) in [4.78, 5) is 2.58. The van der Waals surface area contributed by atoms with Crippen molar-refractivity contribution in [2.75, 3.05) is 32.8 Å². The molecule has 2 rings (SSSR count). The van der Waals surface area contributed by atoms with Crippen LogP contribution < -0.4 is 9.47 Å². The molecule has 0 bridgehead atoms. The first-order chi connectivity index (χ1) is 10.2. The number of rotatable bonds is 7. The molecule has 21 heavy (non-hydrogen) atoms. The van der Waals surface area contributed by atoms with Gasteiger partial charge in [0.25, 0.3) is 0 Å². The molecule has 3 heteroatoms. The standard InChI is InChI=1S/C18H29NO2/c1-4-20-17-6-8-18(9-7-17)21-11-5-10-19-13-15(2)12-16(3)14-19/h6-9,15-16H,4-5,10-14H2,1-3H3/t15-,16-/m0/s1. The molecule has 1 aliphatic rings. The highest BCUT2D eigenvalue weighted by atomic mass is 16.5. The highest BCUT2D eigenvalue weighted by Gasteiger charge is 2.20. The maximum absolute atomic E-state index is 5.80. The zero-order valence-corrected chi connectivity index (χ0v) is 13.7. The molecule has 1 heterocycles. The molecule has 118 valence electrons. The summed E-state index contributed by atoms with van der Waals surface area (Å²) in [5.41, 5.74) is 0. The van der Waals surface area contributed by atoms with Crippen molar-refractivity contribution < 1.29 is 9.47 Å². The summed E-state index contributed by atoms with van der Waals surface area (Å²) < 4.78 is 11.2. The zero-order valence-electron chi connectivity index (χ0n) is 13.7. The normalized spacial score (nSPS) is 23.0. The lowest BCUT2D eigenvalue weighted by Gasteiger charge is -2.34. The lowest BCUT2D eigenvalue weighted by atomic mass is 9.92. The molecule has 1 aromatic rings. The number of hydrogen-bond acceptors (Lipinski definition) is 3. The Morgan fingerprint density at radius 2 is 1.57 bits per heavy atom. The van der Waals surface area contributed by atoms with Crippen molar-refractivity contribution in [2.24, 2.45) is 11.8 Å². The lowest BCUT2D eigenvalue weighted by Crippen LogP contribution is -2.39. The molecule has 1 saturated heterocycles. The summed E-state index contributed by atoms with van der Waals surface area (Å²) >= 11 is 0. The second-order valence-electron chi connectivity index (χ2n) is 6.31. The van der Waals surface area contributed by atoms with Crippen molar-refractivity contribution >= 4 is 0 Å². The van der Waals surface area contributed by atoms with Crippen LogP contribution in [0.3, 0.4) is 0 Å². The van der Waals surface area contributed by atoms with Crippen LogP contribution in [0.1, 0.15) is 33.6 Å². The molecule has 1 aromatic carbocycles. The Kier molecular flexibility index (Phi) is 6.37. The number of likely N-dealkylation sites (tertiary alicyclic amines) is 1. The molecular formula is C18H29NO2. The lowest BCUT2D eigenvalue weighted by molar-refractivity contribution is 0.132. The third-order valence-corrected chi connectivity index (χ3v) is 3.97. The topological polar surface area (TPSA) is 21.7 Å². The van der Waals surface area contributed by atoms with Gasteiger partial charge in [-0.2, -0.15) is 0 Å². The van der Waals surface area contributed by atoms with Crippen LogP contribution in [0.5, 0.6) is 11.5 Å². The van der Waals surface area contributed by atoms with Crippen LogP contribution in [-0.4, -0.2) is 37.7 Å². The van der Waals surface area contributed by atoms with Gasteiger partial charge in [-0.15, -0.1) is 0 Å². The fraction of sp³-hybridized carbons (Fsp3) is 0.667. The van der Waals surface area contributed by atoms with Crippen molar-refractivity contribution in [2.45, 2.75) is 33.6 Å². The zero-order chi connectivity index (χ0) is 15.1. The summed E-state index contributed by atoms with van der Waals surface area (Å²) in [6, 6.07) is 7.89. The summed E-state index contributed by atoms with van der Waals surface area (Å²) in [5, 5.41) is 0. The molecule has 0 saturated carbocycles. The van der Waals surface area contributed by atoms with Crippen LogP contribution in [0, 0.1) is 11.8 Å². The number of piperidine rings is 1. The second-order valence-corrected chi connectivity index (χ2v) is 6.31. The molecule has 0 unspecified atom stereocenters. The minimum atomic E-state index is 0.701. The molecule has 0 aliphatic carbocycles. The summed E-state index contributed by atoms with van der Waals surface area (Å²) in [5.74, 6) is 3.50. The quantitative estimate of drug-likeness (QED) is 0.713. The molecule has 0 spiro atoms. The van der Waals surface area contributed by atoms with Gasteiger partial charge in [0.15, 0.2) is 0 Å². The van der Waals surface area contributed by atoms with Gasteiger partial charge < -0.3 is 14.4 Å². The van der Waals surface area contributed by atoms with Gasteiger partial charge in [0, 0.05) is 19.6 Å². The van der Waals surface area contributed by atoms with Crippen LogP contribution in [0.4, 0.5) is 0 Å². The smallest absolute Gasteiger partial charge is 0.119 e. The van der Waals surface area contributed by atoms with E-state index in [1.165, 1.54) is 19.5 Å². The Morgan fingerprint density at radius 3 is 2.14 bits per heavy atom. The molecule has 3 nitrogen and oxygen atoms in total. The van der Waals surface area contributed by atoms with Gasteiger partial charge in [-0.25, -0.2) is 0 Å². The Balaban J connectivity index is 1.65. The summed E-state index contributed by atoms with van der Waals surface area (Å²) in [7, 11) is 0. The van der Waals surface area contributed by atoms with Gasteiger partial charge in [-0.1, -0.05) is 13.8 Å². The van der Waals surface area contributed by atoms with Crippen LogP contribution in [0.2, 0.25) is 0 Å². The number of benzene rings is 1. The van der Waals surface area contributed by atoms with E-state index in [0.717, 1.165) is 42.9 Å². The molecule has 2 atom stereocenters. The highest BCUT2D eigenvalue weighted by Crippen LogP contribution is 2.21. The van der Waals surface area contributed by atoms with E-state index in [1.54, 1.807) is 0 Å². The fourth-order valence-electron chi connectivity index (χ4n) is 3.25. The van der Waals surface area contributed by atoms with E-state index in [4.69, 9.17) is 9.47 Å². The average Bonchev–Trinajstić information content (AvgIpc) is 2.45. The van der Waals surface area contributed by atoms with E-state index < -0.39 is 0 Å². The van der Waals surface area contributed by atoms with Crippen molar-refractivity contribution in [3.63, 3.8) is 0 Å². The van der Waals surface area contributed by atoms with Crippen LogP contribution in [0.25, 0.3) is 0 Å². The van der Waals surface area contributed by atoms with Gasteiger partial charge in [0.2, 0.25) is 0 Å². The van der Waals surface area contributed by atoms with E-state index in [1.807, 2.05) is 31.2 Å². The van der Waals surface area contributed by atoms with Crippen LogP contribution >= 0.6 is 0 Å². The minimum Gasteiger partial charge on any atom is -0.494 e. The molecule has 0 radical (unpaired) electrons. The van der Waals surface area contributed by atoms with Crippen LogP contribution in [0.15, 0.2) is 24.3 Å². The Morgan fingerprint density at radius 1 is 1.00 bits per heavy atom. The summed E-state index contributed by atoms with van der Waals surface area (Å²) in [6.07, 6.45) is 2.46. The van der Waals surface area contributed by atoms with Gasteiger partial charge >= 0.3 is 0 Å². The average molecular weight is 291 g/mol. The van der Waals surface area contributed by atoms with E-state index in [0.29, 0.717) is 6.61 Å². The van der Waals surface area contributed by atoms with E-state index in [2.05, 4.69) is 18.7 Å². The third-order valence-electron chi connectivity index (χ3n) is 3.97. The second kappa shape index (κ2) is 8.28. The fourth-order valence-corrected chi connectivity index (χ4v) is 3.25. The van der Waals surface area contributed by atoms with E-state index in [9.17, 15) is 0 Å². The third kappa shape index (κ3) is 5.58. The highest BCUT2D eigenvalue weighted by molar-refractivity contribution is 5.31. The minimum absolute atomic E-state index is 0.701. The Labute approximate surface area is 129 Å². The van der Waals surface area contributed by atoms with Crippen molar-refractivity contribution in [3.8, 4) is 11.5 Å².